The second-order valence-corrected chi connectivity index (χ2v) is 7.08. The fourth-order valence-electron chi connectivity index (χ4n) is 1.73. The fourth-order valence-corrected chi connectivity index (χ4v) is 3.39. The molecule has 1 aromatic carbocycles. The van der Waals surface area contributed by atoms with Crippen molar-refractivity contribution in [2.45, 2.75) is 12.2 Å². The van der Waals surface area contributed by atoms with Crippen molar-refractivity contribution >= 4 is 27.7 Å². The molecule has 1 aliphatic rings. The molecule has 0 bridgehead atoms. The summed E-state index contributed by atoms with van der Waals surface area (Å²) in [5.74, 6) is 1.43. The van der Waals surface area contributed by atoms with Crippen LogP contribution in [0.3, 0.4) is 0 Å². The van der Waals surface area contributed by atoms with Crippen molar-refractivity contribution in [2.75, 3.05) is 24.6 Å². The molecular weight excluding hydrogens is 264 g/mol. The molecule has 0 radical (unpaired) electrons. The van der Waals surface area contributed by atoms with Crippen molar-refractivity contribution in [3.8, 4) is 0 Å². The molecule has 1 N–H and O–H groups in total. The number of rotatable bonds is 5. The maximum atomic E-state index is 11.3. The van der Waals surface area contributed by atoms with Gasteiger partial charge in [-0.2, -0.15) is 0 Å². The van der Waals surface area contributed by atoms with Gasteiger partial charge in [-0.25, -0.2) is 0 Å². The van der Waals surface area contributed by atoms with E-state index in [-0.39, 0.29) is 0 Å². The largest absolute Gasteiger partial charge is 0.364 e. The van der Waals surface area contributed by atoms with Crippen molar-refractivity contribution in [1.82, 2.24) is 5.32 Å². The number of thioether (sulfide) groups is 1. The van der Waals surface area contributed by atoms with E-state index < -0.39 is 10.8 Å². The van der Waals surface area contributed by atoms with Gasteiger partial charge in [0.05, 0.1) is 11.8 Å². The number of nitrogens with zero attached hydrogens (tertiary/aromatic N) is 1. The zero-order chi connectivity index (χ0) is 12.8. The molecule has 5 heteroatoms. The third-order valence-electron chi connectivity index (χ3n) is 2.75. The van der Waals surface area contributed by atoms with E-state index in [9.17, 15) is 4.21 Å². The predicted octanol–water partition coefficient (Wildman–Crippen LogP) is 2.19. The summed E-state index contributed by atoms with van der Waals surface area (Å²) < 4.78 is 11.3. The highest BCUT2D eigenvalue weighted by Crippen LogP contribution is 2.33. The van der Waals surface area contributed by atoms with Crippen molar-refractivity contribution in [3.63, 3.8) is 0 Å². The lowest BCUT2D eigenvalue weighted by atomic mass is 10.1. The Morgan fingerprint density at radius 3 is 2.94 bits per heavy atom. The molecule has 0 saturated heterocycles. The summed E-state index contributed by atoms with van der Waals surface area (Å²) in [5.41, 5.74) is 1.32. The molecule has 0 aromatic heterocycles. The van der Waals surface area contributed by atoms with Crippen LogP contribution in [0, 0.1) is 0 Å². The van der Waals surface area contributed by atoms with Crippen LogP contribution < -0.4 is 5.32 Å². The molecule has 2 atom stereocenters. The lowest BCUT2D eigenvalue weighted by molar-refractivity contribution is 0.682. The number of aliphatic imine (C=N–C) groups is 1. The molecule has 0 saturated carbocycles. The molecular formula is C13H18N2OS2. The number of nitrogens with one attached hydrogen (secondary N) is 1. The Morgan fingerprint density at radius 2 is 2.22 bits per heavy atom. The van der Waals surface area contributed by atoms with E-state index in [1.165, 1.54) is 5.56 Å². The summed E-state index contributed by atoms with van der Waals surface area (Å²) in [6.45, 7) is 3.52. The maximum absolute atomic E-state index is 11.3. The molecule has 0 aliphatic carbocycles. The normalized spacial score (nSPS) is 20.5. The Morgan fingerprint density at radius 1 is 1.44 bits per heavy atom. The summed E-state index contributed by atoms with van der Waals surface area (Å²) in [6, 6.07) is 10.4. The molecule has 1 heterocycles. The van der Waals surface area contributed by atoms with Gasteiger partial charge in [0, 0.05) is 28.9 Å². The van der Waals surface area contributed by atoms with Crippen LogP contribution in [0.4, 0.5) is 0 Å². The summed E-state index contributed by atoms with van der Waals surface area (Å²) in [5, 5.41) is 4.67. The average molecular weight is 282 g/mol. The van der Waals surface area contributed by atoms with Crippen LogP contribution in [0.15, 0.2) is 35.3 Å². The third kappa shape index (κ3) is 3.85. The SMILES string of the molecule is CCS(=O)CCNC1=NCC(c2ccccc2)S1. The predicted molar refractivity (Wildman–Crippen MR) is 80.6 cm³/mol. The van der Waals surface area contributed by atoms with Gasteiger partial charge in [-0.15, -0.1) is 0 Å². The summed E-state index contributed by atoms with van der Waals surface area (Å²) in [6.07, 6.45) is 0. The summed E-state index contributed by atoms with van der Waals surface area (Å²) >= 11 is 1.76. The van der Waals surface area contributed by atoms with E-state index >= 15 is 0 Å². The van der Waals surface area contributed by atoms with Gasteiger partial charge in [0.25, 0.3) is 0 Å². The van der Waals surface area contributed by atoms with Gasteiger partial charge >= 0.3 is 0 Å². The number of benzene rings is 1. The lowest BCUT2D eigenvalue weighted by Gasteiger charge is -2.09. The topological polar surface area (TPSA) is 41.5 Å². The molecule has 1 aromatic rings. The first-order valence-corrected chi connectivity index (χ1v) is 8.51. The Hall–Kier alpha value is -0.810. The zero-order valence-corrected chi connectivity index (χ0v) is 12.1. The van der Waals surface area contributed by atoms with Crippen LogP contribution in [0.2, 0.25) is 0 Å². The van der Waals surface area contributed by atoms with Crippen LogP contribution in [0.5, 0.6) is 0 Å². The molecule has 0 spiro atoms. The van der Waals surface area contributed by atoms with Crippen molar-refractivity contribution in [1.29, 1.82) is 0 Å². The van der Waals surface area contributed by atoms with Gasteiger partial charge in [0.2, 0.25) is 0 Å². The first-order valence-electron chi connectivity index (χ1n) is 6.14. The first-order chi connectivity index (χ1) is 8.79. The standard InChI is InChI=1S/C13H18N2OS2/c1-2-18(16)9-8-14-13-15-10-12(17-13)11-6-4-3-5-7-11/h3-7,12H,2,8-10H2,1H3,(H,14,15). The molecule has 1 aliphatic heterocycles. The van der Waals surface area contributed by atoms with E-state index in [0.29, 0.717) is 11.0 Å². The second kappa shape index (κ2) is 6.95. The third-order valence-corrected chi connectivity index (χ3v) is 5.26. The molecule has 2 unspecified atom stereocenters. The minimum Gasteiger partial charge on any atom is -0.364 e. The van der Waals surface area contributed by atoms with Crippen LogP contribution in [0.1, 0.15) is 17.7 Å². The van der Waals surface area contributed by atoms with Gasteiger partial charge in [0.15, 0.2) is 5.17 Å². The molecule has 0 fully saturated rings. The van der Waals surface area contributed by atoms with Crippen molar-refractivity contribution in [3.05, 3.63) is 35.9 Å². The monoisotopic (exact) mass is 282 g/mol. The first kappa shape index (κ1) is 13.6. The van der Waals surface area contributed by atoms with Gasteiger partial charge in [-0.3, -0.25) is 9.20 Å². The fraction of sp³-hybridized carbons (Fsp3) is 0.462. The number of amidine groups is 1. The van der Waals surface area contributed by atoms with Crippen LogP contribution in [-0.4, -0.2) is 34.0 Å². The van der Waals surface area contributed by atoms with Crippen LogP contribution in [-0.2, 0) is 10.8 Å². The Labute approximate surface area is 115 Å². The van der Waals surface area contributed by atoms with Gasteiger partial charge < -0.3 is 5.32 Å². The minimum absolute atomic E-state index is 0.422. The quantitative estimate of drug-likeness (QED) is 0.900. The lowest BCUT2D eigenvalue weighted by Crippen LogP contribution is -2.24. The molecule has 0 amide bonds. The van der Waals surface area contributed by atoms with Crippen molar-refractivity contribution in [2.24, 2.45) is 4.99 Å². The molecule has 98 valence electrons. The Bertz CT molecular complexity index is 434. The zero-order valence-electron chi connectivity index (χ0n) is 10.5. The molecule has 18 heavy (non-hydrogen) atoms. The minimum atomic E-state index is -0.698. The number of hydrogen-bond donors (Lipinski definition) is 1. The van der Waals surface area contributed by atoms with Crippen LogP contribution >= 0.6 is 11.8 Å². The summed E-state index contributed by atoms with van der Waals surface area (Å²) in [7, 11) is -0.698. The van der Waals surface area contributed by atoms with E-state index in [1.54, 1.807) is 11.8 Å². The highest BCUT2D eigenvalue weighted by Gasteiger charge is 2.20. The smallest absolute Gasteiger partial charge is 0.157 e. The van der Waals surface area contributed by atoms with E-state index in [4.69, 9.17) is 0 Å². The average Bonchev–Trinajstić information content (AvgIpc) is 2.88. The van der Waals surface area contributed by atoms with Gasteiger partial charge in [0.1, 0.15) is 0 Å². The van der Waals surface area contributed by atoms with Crippen molar-refractivity contribution < 1.29 is 4.21 Å². The van der Waals surface area contributed by atoms with E-state index in [0.717, 1.165) is 24.0 Å². The Balaban J connectivity index is 1.76. The molecule has 3 nitrogen and oxygen atoms in total. The van der Waals surface area contributed by atoms with Crippen LogP contribution in [0.25, 0.3) is 0 Å². The molecule has 2 rings (SSSR count). The summed E-state index contributed by atoms with van der Waals surface area (Å²) in [4.78, 5) is 4.49. The highest BCUT2D eigenvalue weighted by atomic mass is 32.2. The van der Waals surface area contributed by atoms with E-state index in [1.807, 2.05) is 13.0 Å². The van der Waals surface area contributed by atoms with E-state index in [2.05, 4.69) is 34.6 Å². The van der Waals surface area contributed by atoms with Gasteiger partial charge in [-0.1, -0.05) is 49.0 Å². The maximum Gasteiger partial charge on any atom is 0.157 e. The highest BCUT2D eigenvalue weighted by molar-refractivity contribution is 8.14. The Kier molecular flexibility index (Phi) is 5.26. The van der Waals surface area contributed by atoms with Gasteiger partial charge in [-0.05, 0) is 5.56 Å². The number of hydrogen-bond acceptors (Lipinski definition) is 4. The second-order valence-electron chi connectivity index (χ2n) is 4.02.